The van der Waals surface area contributed by atoms with Crippen LogP contribution in [0.1, 0.15) is 12.8 Å². The summed E-state index contributed by atoms with van der Waals surface area (Å²) in [4.78, 5) is 12.3. The average molecular weight is 311 g/mol. The van der Waals surface area contributed by atoms with Gasteiger partial charge in [0.05, 0.1) is 10.8 Å². The third-order valence-electron chi connectivity index (χ3n) is 3.55. The summed E-state index contributed by atoms with van der Waals surface area (Å²) in [6.45, 7) is 1.61. The van der Waals surface area contributed by atoms with E-state index in [0.717, 1.165) is 23.7 Å². The molecular weight excluding hydrogens is 290 g/mol. The molecule has 0 unspecified atom stereocenters. The van der Waals surface area contributed by atoms with Crippen molar-refractivity contribution in [1.29, 1.82) is 0 Å². The second kappa shape index (κ2) is 6.55. The maximum Gasteiger partial charge on any atom is 0.242 e. The van der Waals surface area contributed by atoms with E-state index in [1.54, 1.807) is 12.1 Å². The molecule has 1 aromatic rings. The van der Waals surface area contributed by atoms with Crippen LogP contribution in [0.2, 0.25) is 0 Å². The number of hydrogen-bond acceptors (Lipinski definition) is 4. The lowest BCUT2D eigenvalue weighted by molar-refractivity contribution is -0.120. The van der Waals surface area contributed by atoms with Gasteiger partial charge in [0.25, 0.3) is 0 Å². The van der Waals surface area contributed by atoms with E-state index in [-0.39, 0.29) is 16.7 Å². The van der Waals surface area contributed by atoms with Gasteiger partial charge in [-0.15, -0.1) is 0 Å². The largest absolute Gasteiger partial charge is 0.326 e. The van der Waals surface area contributed by atoms with Crippen molar-refractivity contribution in [3.05, 3.63) is 24.3 Å². The van der Waals surface area contributed by atoms with Gasteiger partial charge in [-0.3, -0.25) is 4.79 Å². The number of sulfonamides is 1. The van der Waals surface area contributed by atoms with Gasteiger partial charge in [-0.25, -0.2) is 12.7 Å². The normalized spacial score (nSPS) is 19.5. The van der Waals surface area contributed by atoms with Gasteiger partial charge in [0.2, 0.25) is 15.9 Å². The number of nitrogens with one attached hydrogen (secondary N) is 2. The molecule has 1 aliphatic heterocycles. The van der Waals surface area contributed by atoms with Gasteiger partial charge >= 0.3 is 0 Å². The van der Waals surface area contributed by atoms with Crippen molar-refractivity contribution in [2.75, 3.05) is 32.5 Å². The Bertz CT molecular complexity index is 608. The van der Waals surface area contributed by atoms with Gasteiger partial charge in [-0.1, -0.05) is 6.07 Å². The first-order valence-corrected chi connectivity index (χ1v) is 8.39. The van der Waals surface area contributed by atoms with E-state index in [9.17, 15) is 13.2 Å². The number of carbonyl (C=O) groups excluding carboxylic acids is 1. The van der Waals surface area contributed by atoms with Crippen molar-refractivity contribution in [3.63, 3.8) is 0 Å². The van der Waals surface area contributed by atoms with Crippen molar-refractivity contribution < 1.29 is 13.2 Å². The van der Waals surface area contributed by atoms with Crippen molar-refractivity contribution >= 4 is 21.6 Å². The fourth-order valence-corrected chi connectivity index (χ4v) is 3.21. The van der Waals surface area contributed by atoms with Gasteiger partial charge in [-0.2, -0.15) is 0 Å². The Labute approximate surface area is 125 Å². The van der Waals surface area contributed by atoms with Crippen LogP contribution in [0.3, 0.4) is 0 Å². The summed E-state index contributed by atoms with van der Waals surface area (Å²) in [7, 11) is -0.529. The Morgan fingerprint density at radius 2 is 2.14 bits per heavy atom. The zero-order valence-electron chi connectivity index (χ0n) is 12.3. The van der Waals surface area contributed by atoms with E-state index >= 15 is 0 Å². The Kier molecular flexibility index (Phi) is 4.97. The minimum absolute atomic E-state index is 0.0622. The first kappa shape index (κ1) is 15.9. The molecule has 21 heavy (non-hydrogen) atoms. The minimum atomic E-state index is -3.49. The third-order valence-corrected chi connectivity index (χ3v) is 5.36. The summed E-state index contributed by atoms with van der Waals surface area (Å²) < 4.78 is 25.3. The van der Waals surface area contributed by atoms with Crippen molar-refractivity contribution in [2.45, 2.75) is 17.7 Å². The highest BCUT2D eigenvalue weighted by Crippen LogP contribution is 2.19. The summed E-state index contributed by atoms with van der Waals surface area (Å²) in [6, 6.07) is 6.34. The Balaban J connectivity index is 2.13. The molecule has 0 spiro atoms. The van der Waals surface area contributed by atoms with E-state index in [0.29, 0.717) is 12.2 Å². The molecule has 1 aliphatic rings. The highest BCUT2D eigenvalue weighted by molar-refractivity contribution is 7.89. The quantitative estimate of drug-likeness (QED) is 0.865. The standard InChI is InChI=1S/C14H21N3O3S/c1-17(2)21(19,20)13-7-3-6-12(9-13)16-14(18)11-5-4-8-15-10-11/h3,6-7,9,11,15H,4-5,8,10H2,1-2H3,(H,16,18)/t11-/m1/s1. The lowest BCUT2D eigenvalue weighted by Gasteiger charge is -2.22. The van der Waals surface area contributed by atoms with Crippen LogP contribution in [0.4, 0.5) is 5.69 Å². The van der Waals surface area contributed by atoms with E-state index in [4.69, 9.17) is 0 Å². The molecule has 2 N–H and O–H groups in total. The summed E-state index contributed by atoms with van der Waals surface area (Å²) in [5.74, 6) is -0.130. The fraction of sp³-hybridized carbons (Fsp3) is 0.500. The number of carbonyl (C=O) groups is 1. The molecule has 1 saturated heterocycles. The van der Waals surface area contributed by atoms with Gasteiger partial charge in [-0.05, 0) is 37.6 Å². The third kappa shape index (κ3) is 3.81. The Hall–Kier alpha value is -1.44. The SMILES string of the molecule is CN(C)S(=O)(=O)c1cccc(NC(=O)[C@@H]2CCCNC2)c1. The van der Waals surface area contributed by atoms with E-state index < -0.39 is 10.0 Å². The summed E-state index contributed by atoms with van der Waals surface area (Å²) in [5.41, 5.74) is 0.508. The number of piperidine rings is 1. The lowest BCUT2D eigenvalue weighted by Crippen LogP contribution is -2.37. The average Bonchev–Trinajstić information content (AvgIpc) is 2.48. The van der Waals surface area contributed by atoms with Gasteiger partial charge in [0.15, 0.2) is 0 Å². The Morgan fingerprint density at radius 3 is 2.76 bits per heavy atom. The molecule has 1 amide bonds. The number of amides is 1. The number of anilines is 1. The molecule has 0 aliphatic carbocycles. The minimum Gasteiger partial charge on any atom is -0.326 e. The van der Waals surface area contributed by atoms with Gasteiger partial charge < -0.3 is 10.6 Å². The number of nitrogens with zero attached hydrogens (tertiary/aromatic N) is 1. The van der Waals surface area contributed by atoms with Crippen molar-refractivity contribution in [1.82, 2.24) is 9.62 Å². The summed E-state index contributed by atoms with van der Waals surface area (Å²) in [5, 5.41) is 5.99. The zero-order valence-corrected chi connectivity index (χ0v) is 13.1. The topological polar surface area (TPSA) is 78.5 Å². The first-order chi connectivity index (χ1) is 9.91. The smallest absolute Gasteiger partial charge is 0.242 e. The lowest BCUT2D eigenvalue weighted by atomic mass is 9.99. The number of rotatable bonds is 4. The highest BCUT2D eigenvalue weighted by Gasteiger charge is 2.22. The molecule has 7 heteroatoms. The summed E-state index contributed by atoms with van der Waals surface area (Å²) in [6.07, 6.45) is 1.83. The highest BCUT2D eigenvalue weighted by atomic mass is 32.2. The summed E-state index contributed by atoms with van der Waals surface area (Å²) >= 11 is 0. The molecule has 1 fully saturated rings. The van der Waals surface area contributed by atoms with Gasteiger partial charge in [0.1, 0.15) is 0 Å². The molecule has 0 radical (unpaired) electrons. The number of benzene rings is 1. The van der Waals surface area contributed by atoms with Crippen LogP contribution < -0.4 is 10.6 Å². The van der Waals surface area contributed by atoms with Crippen molar-refractivity contribution in [2.24, 2.45) is 5.92 Å². The molecule has 0 bridgehead atoms. The van der Waals surface area contributed by atoms with Crippen LogP contribution in [0.5, 0.6) is 0 Å². The monoisotopic (exact) mass is 311 g/mol. The van der Waals surface area contributed by atoms with Crippen LogP contribution >= 0.6 is 0 Å². The predicted molar refractivity (Wildman–Crippen MR) is 81.5 cm³/mol. The molecule has 0 aromatic heterocycles. The second-order valence-corrected chi connectivity index (χ2v) is 7.50. The van der Waals surface area contributed by atoms with E-state index in [2.05, 4.69) is 10.6 Å². The molecule has 2 rings (SSSR count). The Morgan fingerprint density at radius 1 is 1.38 bits per heavy atom. The van der Waals surface area contributed by atoms with E-state index in [1.807, 2.05) is 0 Å². The molecule has 116 valence electrons. The van der Waals surface area contributed by atoms with E-state index in [1.165, 1.54) is 26.2 Å². The molecule has 1 aromatic carbocycles. The molecule has 0 saturated carbocycles. The molecule has 6 nitrogen and oxygen atoms in total. The van der Waals surface area contributed by atoms with Crippen LogP contribution in [-0.4, -0.2) is 45.8 Å². The predicted octanol–water partition coefficient (Wildman–Crippen LogP) is 0.875. The van der Waals surface area contributed by atoms with Crippen molar-refractivity contribution in [3.8, 4) is 0 Å². The van der Waals surface area contributed by atoms with Crippen LogP contribution in [-0.2, 0) is 14.8 Å². The zero-order chi connectivity index (χ0) is 15.5. The van der Waals surface area contributed by atoms with Crippen LogP contribution in [0, 0.1) is 5.92 Å². The fourth-order valence-electron chi connectivity index (χ4n) is 2.27. The first-order valence-electron chi connectivity index (χ1n) is 6.95. The van der Waals surface area contributed by atoms with Crippen LogP contribution in [0.25, 0.3) is 0 Å². The maximum absolute atomic E-state index is 12.2. The maximum atomic E-state index is 12.2. The molecular formula is C14H21N3O3S. The molecule has 1 heterocycles. The van der Waals surface area contributed by atoms with Crippen LogP contribution in [0.15, 0.2) is 29.2 Å². The number of hydrogen-bond donors (Lipinski definition) is 2. The van der Waals surface area contributed by atoms with Gasteiger partial charge in [0, 0.05) is 26.3 Å². The second-order valence-electron chi connectivity index (χ2n) is 5.35. The molecule has 1 atom stereocenters.